The third-order valence-corrected chi connectivity index (χ3v) is 4.75. The van der Waals surface area contributed by atoms with E-state index < -0.39 is 0 Å². The number of piperidine rings is 1. The van der Waals surface area contributed by atoms with Crippen LogP contribution in [-0.2, 0) is 0 Å². The van der Waals surface area contributed by atoms with E-state index in [1.54, 1.807) is 0 Å². The summed E-state index contributed by atoms with van der Waals surface area (Å²) in [7, 11) is 0. The number of hydrogen-bond donors (Lipinski definition) is 0. The summed E-state index contributed by atoms with van der Waals surface area (Å²) in [4.78, 5) is 6.81. The molecule has 0 spiro atoms. The molecule has 1 unspecified atom stereocenters. The van der Waals surface area contributed by atoms with Crippen molar-refractivity contribution in [3.63, 3.8) is 0 Å². The van der Waals surface area contributed by atoms with Crippen molar-refractivity contribution < 1.29 is 0 Å². The van der Waals surface area contributed by atoms with Crippen LogP contribution < -0.4 is 4.90 Å². The van der Waals surface area contributed by atoms with Gasteiger partial charge in [0.05, 0.1) is 4.47 Å². The van der Waals surface area contributed by atoms with Gasteiger partial charge in [0.2, 0.25) is 0 Å². The van der Waals surface area contributed by atoms with Crippen LogP contribution in [0.15, 0.2) is 21.2 Å². The van der Waals surface area contributed by atoms with Crippen LogP contribution in [0, 0.1) is 5.92 Å². The third-order valence-electron chi connectivity index (χ3n) is 2.78. The van der Waals surface area contributed by atoms with E-state index in [1.165, 1.54) is 12.8 Å². The Balaban J connectivity index is 2.24. The second-order valence-electron chi connectivity index (χ2n) is 4.12. The van der Waals surface area contributed by atoms with Gasteiger partial charge in [0.15, 0.2) is 0 Å². The smallest absolute Gasteiger partial charge is 0.144 e. The van der Waals surface area contributed by atoms with Gasteiger partial charge in [-0.05, 0) is 56.7 Å². The Hall–Kier alpha value is -0.0900. The third kappa shape index (κ3) is 2.53. The van der Waals surface area contributed by atoms with Crippen LogP contribution in [0.3, 0.4) is 0 Å². The molecule has 1 aromatic heterocycles. The number of hydrogen-bond acceptors (Lipinski definition) is 2. The summed E-state index contributed by atoms with van der Waals surface area (Å²) in [5.41, 5.74) is 0. The molecule has 0 bridgehead atoms. The largest absolute Gasteiger partial charge is 0.355 e. The molecule has 0 N–H and O–H groups in total. The number of nitrogens with zero attached hydrogens (tertiary/aromatic N) is 2. The summed E-state index contributed by atoms with van der Waals surface area (Å²) < 4.78 is 2.14. The summed E-state index contributed by atoms with van der Waals surface area (Å²) in [6, 6.07) is 1.96. The highest BCUT2D eigenvalue weighted by Gasteiger charge is 2.19. The number of pyridine rings is 1. The predicted octanol–water partition coefficient (Wildman–Crippen LogP) is 3.84. The van der Waals surface area contributed by atoms with Crippen molar-refractivity contribution in [1.82, 2.24) is 4.98 Å². The Labute approximate surface area is 107 Å². The highest BCUT2D eigenvalue weighted by atomic mass is 79.9. The first-order chi connectivity index (χ1) is 7.18. The van der Waals surface area contributed by atoms with Crippen LogP contribution in [0.25, 0.3) is 0 Å². The molecule has 0 amide bonds. The fourth-order valence-corrected chi connectivity index (χ4v) is 2.79. The average Bonchev–Trinajstić information content (AvgIpc) is 2.22. The lowest BCUT2D eigenvalue weighted by molar-refractivity contribution is 0.444. The molecule has 15 heavy (non-hydrogen) atoms. The zero-order valence-corrected chi connectivity index (χ0v) is 11.9. The maximum atomic E-state index is 4.45. The molecule has 1 saturated heterocycles. The van der Waals surface area contributed by atoms with E-state index in [2.05, 4.69) is 48.7 Å². The monoisotopic (exact) mass is 332 g/mol. The van der Waals surface area contributed by atoms with E-state index in [4.69, 9.17) is 0 Å². The topological polar surface area (TPSA) is 16.1 Å². The summed E-state index contributed by atoms with van der Waals surface area (Å²) in [6.07, 6.45) is 4.45. The zero-order chi connectivity index (χ0) is 10.8. The highest BCUT2D eigenvalue weighted by Crippen LogP contribution is 2.33. The predicted molar refractivity (Wildman–Crippen MR) is 70.2 cm³/mol. The first-order valence-electron chi connectivity index (χ1n) is 5.23. The van der Waals surface area contributed by atoms with Crippen LogP contribution >= 0.6 is 31.9 Å². The van der Waals surface area contributed by atoms with Crippen LogP contribution in [0.4, 0.5) is 5.82 Å². The molecule has 0 aromatic carbocycles. The number of aromatic nitrogens is 1. The molecule has 1 fully saturated rings. The molecule has 1 aromatic rings. The van der Waals surface area contributed by atoms with Gasteiger partial charge in [-0.1, -0.05) is 6.92 Å². The molecule has 1 atom stereocenters. The first-order valence-corrected chi connectivity index (χ1v) is 6.82. The lowest BCUT2D eigenvalue weighted by atomic mass is 10.0. The standard InChI is InChI=1S/C11H14Br2N2/c1-8-3-2-6-15(7-8)11-10(13)9(12)4-5-14-11/h4-5,8H,2-3,6-7H2,1H3. The molecule has 4 heteroatoms. The lowest BCUT2D eigenvalue weighted by Gasteiger charge is -2.32. The Kier molecular flexibility index (Phi) is 3.67. The molecule has 0 saturated carbocycles. The zero-order valence-electron chi connectivity index (χ0n) is 8.71. The van der Waals surface area contributed by atoms with E-state index in [9.17, 15) is 0 Å². The Morgan fingerprint density at radius 2 is 2.27 bits per heavy atom. The second kappa shape index (κ2) is 4.83. The summed E-state index contributed by atoms with van der Waals surface area (Å²) in [5, 5.41) is 0. The minimum absolute atomic E-state index is 0.770. The Bertz CT molecular complexity index is 354. The Morgan fingerprint density at radius 3 is 3.00 bits per heavy atom. The number of halogens is 2. The number of rotatable bonds is 1. The van der Waals surface area contributed by atoms with Gasteiger partial charge in [-0.15, -0.1) is 0 Å². The normalized spacial score (nSPS) is 21.8. The van der Waals surface area contributed by atoms with Crippen molar-refractivity contribution in [2.24, 2.45) is 5.92 Å². The van der Waals surface area contributed by atoms with Gasteiger partial charge in [0, 0.05) is 23.8 Å². The van der Waals surface area contributed by atoms with E-state index in [0.29, 0.717) is 0 Å². The summed E-state index contributed by atoms with van der Waals surface area (Å²) >= 11 is 7.10. The van der Waals surface area contributed by atoms with Gasteiger partial charge >= 0.3 is 0 Å². The van der Waals surface area contributed by atoms with Crippen molar-refractivity contribution in [2.45, 2.75) is 19.8 Å². The van der Waals surface area contributed by atoms with Crippen molar-refractivity contribution >= 4 is 37.7 Å². The Morgan fingerprint density at radius 1 is 1.47 bits per heavy atom. The molecule has 0 aliphatic carbocycles. The van der Waals surface area contributed by atoms with Crippen molar-refractivity contribution in [1.29, 1.82) is 0 Å². The van der Waals surface area contributed by atoms with Crippen LogP contribution in [0.2, 0.25) is 0 Å². The molecule has 2 heterocycles. The van der Waals surface area contributed by atoms with Gasteiger partial charge in [0.25, 0.3) is 0 Å². The minimum atomic E-state index is 0.770. The quantitative estimate of drug-likeness (QED) is 0.776. The van der Waals surface area contributed by atoms with Gasteiger partial charge in [-0.3, -0.25) is 0 Å². The SMILES string of the molecule is CC1CCCN(c2nccc(Br)c2Br)C1. The van der Waals surface area contributed by atoms with Gasteiger partial charge in [-0.25, -0.2) is 4.98 Å². The van der Waals surface area contributed by atoms with Gasteiger partial charge in [-0.2, -0.15) is 0 Å². The molecule has 1 aliphatic rings. The second-order valence-corrected chi connectivity index (χ2v) is 5.77. The van der Waals surface area contributed by atoms with Crippen LogP contribution in [0.1, 0.15) is 19.8 Å². The first kappa shape index (κ1) is 11.4. The average molecular weight is 334 g/mol. The lowest BCUT2D eigenvalue weighted by Crippen LogP contribution is -2.35. The maximum absolute atomic E-state index is 4.45. The van der Waals surface area contributed by atoms with E-state index in [1.807, 2.05) is 12.3 Å². The fraction of sp³-hybridized carbons (Fsp3) is 0.545. The van der Waals surface area contributed by atoms with Gasteiger partial charge in [0.1, 0.15) is 5.82 Å². The molecular formula is C11H14Br2N2. The fourth-order valence-electron chi connectivity index (χ4n) is 2.01. The van der Waals surface area contributed by atoms with Crippen molar-refractivity contribution in [3.8, 4) is 0 Å². The molecule has 1 aliphatic heterocycles. The van der Waals surface area contributed by atoms with Crippen molar-refractivity contribution in [2.75, 3.05) is 18.0 Å². The maximum Gasteiger partial charge on any atom is 0.144 e. The van der Waals surface area contributed by atoms with E-state index in [0.717, 1.165) is 33.8 Å². The van der Waals surface area contributed by atoms with Crippen molar-refractivity contribution in [3.05, 3.63) is 21.2 Å². The highest BCUT2D eigenvalue weighted by molar-refractivity contribution is 9.13. The van der Waals surface area contributed by atoms with E-state index >= 15 is 0 Å². The molecule has 82 valence electrons. The minimum Gasteiger partial charge on any atom is -0.355 e. The number of anilines is 1. The summed E-state index contributed by atoms with van der Waals surface area (Å²) in [5.74, 6) is 1.84. The van der Waals surface area contributed by atoms with E-state index in [-0.39, 0.29) is 0 Å². The van der Waals surface area contributed by atoms with Crippen LogP contribution in [0.5, 0.6) is 0 Å². The summed E-state index contributed by atoms with van der Waals surface area (Å²) in [6.45, 7) is 4.53. The molecule has 2 rings (SSSR count). The van der Waals surface area contributed by atoms with Gasteiger partial charge < -0.3 is 4.90 Å². The molecular weight excluding hydrogens is 320 g/mol. The van der Waals surface area contributed by atoms with Crippen LogP contribution in [-0.4, -0.2) is 18.1 Å². The molecule has 0 radical (unpaired) electrons. The molecule has 2 nitrogen and oxygen atoms in total.